The number of ether oxygens (including phenoxy) is 2. The lowest BCUT2D eigenvalue weighted by molar-refractivity contribution is -0.121. The van der Waals surface area contributed by atoms with Gasteiger partial charge >= 0.3 is 0 Å². The lowest BCUT2D eigenvalue weighted by Gasteiger charge is -2.10. The zero-order valence-corrected chi connectivity index (χ0v) is 15.6. The fraction of sp³-hybridized carbons (Fsp3) is 0.350. The summed E-state index contributed by atoms with van der Waals surface area (Å²) in [6.07, 6.45) is 2.21. The molecule has 5 heteroatoms. The van der Waals surface area contributed by atoms with Gasteiger partial charge in [-0.2, -0.15) is 0 Å². The molecule has 0 saturated heterocycles. The lowest BCUT2D eigenvalue weighted by atomic mass is 10.1. The number of carbonyl (C=O) groups excluding carboxylic acids is 1. The number of nitrogens with one attached hydrogen (secondary N) is 1. The third kappa shape index (κ3) is 6.70. The summed E-state index contributed by atoms with van der Waals surface area (Å²) in [5.41, 5.74) is 1.11. The summed E-state index contributed by atoms with van der Waals surface area (Å²) >= 11 is 1.78. The molecule has 1 N–H and O–H groups in total. The molecule has 2 aromatic rings. The highest BCUT2D eigenvalue weighted by molar-refractivity contribution is 7.99. The van der Waals surface area contributed by atoms with Gasteiger partial charge in [-0.1, -0.05) is 24.3 Å². The minimum atomic E-state index is 0.106. The quantitative estimate of drug-likeness (QED) is 0.516. The molecule has 0 aliphatic carbocycles. The van der Waals surface area contributed by atoms with Gasteiger partial charge in [0.1, 0.15) is 0 Å². The Hall–Kier alpha value is -2.14. The highest BCUT2D eigenvalue weighted by Gasteiger charge is 2.05. The number of rotatable bonds is 10. The van der Waals surface area contributed by atoms with E-state index in [-0.39, 0.29) is 5.91 Å². The number of carbonyl (C=O) groups is 1. The number of hydrogen-bond acceptors (Lipinski definition) is 4. The summed E-state index contributed by atoms with van der Waals surface area (Å²) in [6.45, 7) is 0.625. The molecule has 0 heterocycles. The van der Waals surface area contributed by atoms with E-state index in [0.717, 1.165) is 24.2 Å². The van der Waals surface area contributed by atoms with Gasteiger partial charge in [-0.25, -0.2) is 0 Å². The number of amides is 1. The van der Waals surface area contributed by atoms with Gasteiger partial charge < -0.3 is 14.8 Å². The van der Waals surface area contributed by atoms with Gasteiger partial charge in [-0.3, -0.25) is 4.79 Å². The van der Waals surface area contributed by atoms with Crippen molar-refractivity contribution in [1.82, 2.24) is 5.32 Å². The first-order chi connectivity index (χ1) is 12.2. The molecule has 0 bridgehead atoms. The predicted molar refractivity (Wildman–Crippen MR) is 103 cm³/mol. The summed E-state index contributed by atoms with van der Waals surface area (Å²) in [4.78, 5) is 13.1. The van der Waals surface area contributed by atoms with E-state index in [1.165, 1.54) is 4.90 Å². The first-order valence-electron chi connectivity index (χ1n) is 8.38. The maximum atomic E-state index is 11.9. The van der Waals surface area contributed by atoms with E-state index in [1.54, 1.807) is 26.0 Å². The van der Waals surface area contributed by atoms with Crippen LogP contribution in [0.5, 0.6) is 11.5 Å². The molecule has 0 fully saturated rings. The van der Waals surface area contributed by atoms with Crippen LogP contribution in [0.25, 0.3) is 0 Å². The topological polar surface area (TPSA) is 47.6 Å². The summed E-state index contributed by atoms with van der Waals surface area (Å²) in [5, 5.41) is 2.98. The van der Waals surface area contributed by atoms with Gasteiger partial charge in [0.15, 0.2) is 11.5 Å². The Kier molecular flexibility index (Phi) is 8.19. The molecule has 2 rings (SSSR count). The monoisotopic (exact) mass is 359 g/mol. The zero-order chi connectivity index (χ0) is 17.9. The number of methoxy groups -OCH3 is 2. The van der Waals surface area contributed by atoms with Crippen molar-refractivity contribution in [3.8, 4) is 11.5 Å². The van der Waals surface area contributed by atoms with Crippen molar-refractivity contribution in [2.24, 2.45) is 0 Å². The number of thioether (sulfide) groups is 1. The van der Waals surface area contributed by atoms with Crippen LogP contribution in [-0.4, -0.2) is 32.4 Å². The Morgan fingerprint density at radius 3 is 2.52 bits per heavy atom. The van der Waals surface area contributed by atoms with Crippen LogP contribution in [0, 0.1) is 0 Å². The van der Waals surface area contributed by atoms with Crippen molar-refractivity contribution in [3.05, 3.63) is 54.1 Å². The van der Waals surface area contributed by atoms with Gasteiger partial charge in [-0.15, -0.1) is 11.8 Å². The Balaban J connectivity index is 1.63. The number of benzene rings is 2. The first-order valence-corrected chi connectivity index (χ1v) is 9.37. The standard InChI is InChI=1S/C20H25NO3S/c1-23-18-11-10-16(15-19(18)24-2)12-13-21-20(22)9-6-14-25-17-7-4-3-5-8-17/h3-5,7-8,10-11,15H,6,9,12-14H2,1-2H3,(H,21,22). The molecule has 134 valence electrons. The summed E-state index contributed by atoms with van der Waals surface area (Å²) in [5.74, 6) is 2.48. The molecule has 0 aliphatic heterocycles. The van der Waals surface area contributed by atoms with Crippen molar-refractivity contribution >= 4 is 17.7 Å². The maximum absolute atomic E-state index is 11.9. The van der Waals surface area contributed by atoms with Gasteiger partial charge in [-0.05, 0) is 48.4 Å². The number of hydrogen-bond donors (Lipinski definition) is 1. The Bertz CT molecular complexity index is 661. The predicted octanol–water partition coefficient (Wildman–Crippen LogP) is 3.94. The van der Waals surface area contributed by atoms with Gasteiger partial charge in [0.05, 0.1) is 14.2 Å². The van der Waals surface area contributed by atoms with Crippen LogP contribution < -0.4 is 14.8 Å². The molecule has 0 aromatic heterocycles. The molecule has 4 nitrogen and oxygen atoms in total. The second-order valence-electron chi connectivity index (χ2n) is 5.55. The molecule has 0 radical (unpaired) electrons. The second kappa shape index (κ2) is 10.7. The third-order valence-electron chi connectivity index (χ3n) is 3.74. The normalized spacial score (nSPS) is 10.3. The van der Waals surface area contributed by atoms with E-state index in [2.05, 4.69) is 17.4 Å². The van der Waals surface area contributed by atoms with E-state index in [4.69, 9.17) is 9.47 Å². The fourth-order valence-corrected chi connectivity index (χ4v) is 3.28. The van der Waals surface area contributed by atoms with Crippen LogP contribution in [0.4, 0.5) is 0 Å². The molecule has 0 saturated carbocycles. The third-order valence-corrected chi connectivity index (χ3v) is 4.84. The molecule has 2 aromatic carbocycles. The van der Waals surface area contributed by atoms with Crippen molar-refractivity contribution in [2.75, 3.05) is 26.5 Å². The van der Waals surface area contributed by atoms with Crippen LogP contribution in [0.2, 0.25) is 0 Å². The summed E-state index contributed by atoms with van der Waals surface area (Å²) < 4.78 is 10.5. The molecule has 0 atom stereocenters. The van der Waals surface area contributed by atoms with Crippen molar-refractivity contribution in [2.45, 2.75) is 24.2 Å². The van der Waals surface area contributed by atoms with Crippen LogP contribution in [-0.2, 0) is 11.2 Å². The van der Waals surface area contributed by atoms with E-state index in [1.807, 2.05) is 36.4 Å². The van der Waals surface area contributed by atoms with E-state index >= 15 is 0 Å². The molecule has 0 unspecified atom stereocenters. The lowest BCUT2D eigenvalue weighted by Crippen LogP contribution is -2.25. The SMILES string of the molecule is COc1ccc(CCNC(=O)CCCSc2ccccc2)cc1OC. The van der Waals surface area contributed by atoms with E-state index < -0.39 is 0 Å². The van der Waals surface area contributed by atoms with Crippen LogP contribution in [0.15, 0.2) is 53.4 Å². The zero-order valence-electron chi connectivity index (χ0n) is 14.8. The summed E-state index contributed by atoms with van der Waals surface area (Å²) in [7, 11) is 3.24. The van der Waals surface area contributed by atoms with Crippen LogP contribution in [0.1, 0.15) is 18.4 Å². The Morgan fingerprint density at radius 2 is 1.80 bits per heavy atom. The Morgan fingerprint density at radius 1 is 1.04 bits per heavy atom. The minimum Gasteiger partial charge on any atom is -0.493 e. The second-order valence-corrected chi connectivity index (χ2v) is 6.72. The molecule has 0 spiro atoms. The molecular weight excluding hydrogens is 334 g/mol. The van der Waals surface area contributed by atoms with Crippen molar-refractivity contribution < 1.29 is 14.3 Å². The maximum Gasteiger partial charge on any atom is 0.220 e. The summed E-state index contributed by atoms with van der Waals surface area (Å²) in [6, 6.07) is 16.1. The highest BCUT2D eigenvalue weighted by Crippen LogP contribution is 2.27. The molecular formula is C20H25NO3S. The van der Waals surface area contributed by atoms with Crippen LogP contribution in [0.3, 0.4) is 0 Å². The minimum absolute atomic E-state index is 0.106. The fourth-order valence-electron chi connectivity index (χ4n) is 2.41. The average molecular weight is 359 g/mol. The molecule has 0 aliphatic rings. The van der Waals surface area contributed by atoms with Gasteiger partial charge in [0.25, 0.3) is 0 Å². The smallest absolute Gasteiger partial charge is 0.220 e. The van der Waals surface area contributed by atoms with Crippen molar-refractivity contribution in [3.63, 3.8) is 0 Å². The van der Waals surface area contributed by atoms with E-state index in [9.17, 15) is 4.79 Å². The van der Waals surface area contributed by atoms with E-state index in [0.29, 0.717) is 24.5 Å². The van der Waals surface area contributed by atoms with Crippen molar-refractivity contribution in [1.29, 1.82) is 0 Å². The Labute approximate surface area is 153 Å². The largest absolute Gasteiger partial charge is 0.493 e. The first kappa shape index (κ1) is 19.2. The molecule has 25 heavy (non-hydrogen) atoms. The van der Waals surface area contributed by atoms with Gasteiger partial charge in [0, 0.05) is 17.9 Å². The van der Waals surface area contributed by atoms with Gasteiger partial charge in [0.2, 0.25) is 5.91 Å². The molecule has 1 amide bonds. The average Bonchev–Trinajstić information content (AvgIpc) is 2.66. The van der Waals surface area contributed by atoms with Crippen LogP contribution >= 0.6 is 11.8 Å². The highest BCUT2D eigenvalue weighted by atomic mass is 32.2.